The van der Waals surface area contributed by atoms with E-state index in [0.717, 1.165) is 27.4 Å². The van der Waals surface area contributed by atoms with Crippen molar-refractivity contribution in [2.24, 2.45) is 0 Å². The van der Waals surface area contributed by atoms with Crippen LogP contribution in [0.3, 0.4) is 0 Å². The highest BCUT2D eigenvalue weighted by atomic mass is 79.9. The van der Waals surface area contributed by atoms with Crippen molar-refractivity contribution in [3.8, 4) is 6.07 Å². The van der Waals surface area contributed by atoms with Crippen molar-refractivity contribution >= 4 is 44.9 Å². The van der Waals surface area contributed by atoms with Gasteiger partial charge in [0, 0.05) is 4.47 Å². The molecule has 0 bridgehead atoms. The zero-order chi connectivity index (χ0) is 17.1. The molecule has 0 N–H and O–H groups in total. The van der Waals surface area contributed by atoms with Crippen LogP contribution in [-0.2, 0) is 11.3 Å². The molecule has 2 aromatic rings. The summed E-state index contributed by atoms with van der Waals surface area (Å²) in [7, 11) is 0. The first-order chi connectivity index (χ1) is 11.6. The van der Waals surface area contributed by atoms with E-state index in [1.807, 2.05) is 30.3 Å². The largest absolute Gasteiger partial charge is 0.293 e. The Hall–Kier alpha value is -2.36. The normalized spacial score (nSPS) is 15.8. The van der Waals surface area contributed by atoms with Crippen LogP contribution in [-0.4, -0.2) is 16.0 Å². The van der Waals surface area contributed by atoms with Crippen molar-refractivity contribution in [1.29, 1.82) is 5.26 Å². The van der Waals surface area contributed by atoms with Gasteiger partial charge in [-0.2, -0.15) is 5.26 Å². The third-order valence-electron chi connectivity index (χ3n) is 3.50. The van der Waals surface area contributed by atoms with Crippen LogP contribution in [0.5, 0.6) is 0 Å². The van der Waals surface area contributed by atoms with Crippen molar-refractivity contribution in [2.45, 2.75) is 6.54 Å². The van der Waals surface area contributed by atoms with Gasteiger partial charge in [-0.15, -0.1) is 0 Å². The quantitative estimate of drug-likeness (QED) is 0.711. The number of halogens is 1. The minimum atomic E-state index is -0.301. The fraction of sp³-hybridized carbons (Fsp3) is 0.0556. The lowest BCUT2D eigenvalue weighted by Crippen LogP contribution is -2.27. The smallest absolute Gasteiger partial charge is 0.268 e. The first kappa shape index (κ1) is 16.5. The van der Waals surface area contributed by atoms with Crippen molar-refractivity contribution < 1.29 is 9.59 Å². The molecule has 4 nitrogen and oxygen atoms in total. The van der Waals surface area contributed by atoms with Gasteiger partial charge in [-0.3, -0.25) is 14.5 Å². The molecule has 2 amide bonds. The van der Waals surface area contributed by atoms with Crippen LogP contribution < -0.4 is 0 Å². The van der Waals surface area contributed by atoms with E-state index in [-0.39, 0.29) is 17.7 Å². The lowest BCUT2D eigenvalue weighted by Gasteiger charge is -2.13. The Morgan fingerprint density at radius 1 is 1.12 bits per heavy atom. The Morgan fingerprint density at radius 3 is 2.50 bits per heavy atom. The molecular formula is C18H11BrN2O2S. The van der Waals surface area contributed by atoms with Crippen molar-refractivity contribution in [2.75, 3.05) is 0 Å². The molecule has 1 heterocycles. The van der Waals surface area contributed by atoms with E-state index in [0.29, 0.717) is 10.5 Å². The summed E-state index contributed by atoms with van der Waals surface area (Å²) in [6.07, 6.45) is 1.67. The standard InChI is InChI=1S/C18H11BrN2O2S/c19-15-4-2-1-3-14(15)11-21-17(22)16(24-18(21)23)9-12-5-7-13(10-20)8-6-12/h1-9H,11H2. The highest BCUT2D eigenvalue weighted by Crippen LogP contribution is 2.34. The number of nitrogens with zero attached hydrogens (tertiary/aromatic N) is 2. The second-order valence-corrected chi connectivity index (χ2v) is 6.94. The maximum atomic E-state index is 12.5. The first-order valence-electron chi connectivity index (χ1n) is 7.07. The summed E-state index contributed by atoms with van der Waals surface area (Å²) >= 11 is 4.36. The molecule has 3 rings (SSSR count). The molecule has 0 aromatic heterocycles. The van der Waals surface area contributed by atoms with E-state index < -0.39 is 0 Å². The monoisotopic (exact) mass is 398 g/mol. The zero-order valence-corrected chi connectivity index (χ0v) is 14.8. The van der Waals surface area contributed by atoms with Crippen molar-refractivity contribution in [1.82, 2.24) is 4.90 Å². The Labute approximate surface area is 151 Å². The SMILES string of the molecule is N#Cc1ccc(C=C2SC(=O)N(Cc3ccccc3Br)C2=O)cc1. The molecule has 0 aliphatic carbocycles. The molecule has 1 aliphatic rings. The van der Waals surface area contributed by atoms with Crippen molar-refractivity contribution in [3.63, 3.8) is 0 Å². The maximum absolute atomic E-state index is 12.5. The van der Waals surface area contributed by atoms with Crippen molar-refractivity contribution in [3.05, 3.63) is 74.6 Å². The summed E-state index contributed by atoms with van der Waals surface area (Å²) in [5.74, 6) is -0.301. The van der Waals surface area contributed by atoms with E-state index in [9.17, 15) is 9.59 Å². The van der Waals surface area contributed by atoms with Gasteiger partial charge in [0.25, 0.3) is 11.1 Å². The molecule has 24 heavy (non-hydrogen) atoms. The van der Waals surface area contributed by atoms with E-state index >= 15 is 0 Å². The summed E-state index contributed by atoms with van der Waals surface area (Å²) < 4.78 is 0.861. The third-order valence-corrected chi connectivity index (χ3v) is 5.18. The molecule has 0 radical (unpaired) electrons. The number of amides is 2. The molecule has 118 valence electrons. The van der Waals surface area contributed by atoms with Gasteiger partial charge in [-0.1, -0.05) is 46.3 Å². The molecule has 6 heteroatoms. The maximum Gasteiger partial charge on any atom is 0.293 e. The van der Waals surface area contributed by atoms with Crippen LogP contribution >= 0.6 is 27.7 Å². The van der Waals surface area contributed by atoms with Gasteiger partial charge in [-0.05, 0) is 47.2 Å². The van der Waals surface area contributed by atoms with Crippen LogP contribution in [0.4, 0.5) is 4.79 Å². The fourth-order valence-corrected chi connectivity index (χ4v) is 3.49. The van der Waals surface area contributed by atoms with Crippen LogP contribution in [0.15, 0.2) is 57.9 Å². The van der Waals surface area contributed by atoms with Gasteiger partial charge < -0.3 is 0 Å². The number of benzene rings is 2. The van der Waals surface area contributed by atoms with Gasteiger partial charge in [0.15, 0.2) is 0 Å². The van der Waals surface area contributed by atoms with E-state index in [2.05, 4.69) is 15.9 Å². The number of imide groups is 1. The van der Waals surface area contributed by atoms with Crippen LogP contribution in [0.25, 0.3) is 6.08 Å². The number of hydrogen-bond donors (Lipinski definition) is 0. The Balaban J connectivity index is 1.82. The Kier molecular flexibility index (Phi) is 4.84. The highest BCUT2D eigenvalue weighted by Gasteiger charge is 2.35. The molecule has 0 saturated carbocycles. The van der Waals surface area contributed by atoms with Gasteiger partial charge in [-0.25, -0.2) is 0 Å². The molecule has 1 aliphatic heterocycles. The topological polar surface area (TPSA) is 61.2 Å². The number of thioether (sulfide) groups is 1. The Bertz CT molecular complexity index is 885. The first-order valence-corrected chi connectivity index (χ1v) is 8.68. The average Bonchev–Trinajstić information content (AvgIpc) is 2.85. The summed E-state index contributed by atoms with van der Waals surface area (Å²) in [5, 5.41) is 8.53. The van der Waals surface area contributed by atoms with E-state index in [1.165, 1.54) is 4.90 Å². The van der Waals surface area contributed by atoms with E-state index in [1.54, 1.807) is 30.3 Å². The summed E-state index contributed by atoms with van der Waals surface area (Å²) in [6.45, 7) is 0.233. The number of nitriles is 1. The summed E-state index contributed by atoms with van der Waals surface area (Å²) in [4.78, 5) is 26.3. The van der Waals surface area contributed by atoms with Gasteiger partial charge in [0.05, 0.1) is 23.1 Å². The molecule has 0 atom stereocenters. The fourth-order valence-electron chi connectivity index (χ4n) is 2.24. The second kappa shape index (κ2) is 7.04. The predicted molar refractivity (Wildman–Crippen MR) is 96.8 cm³/mol. The van der Waals surface area contributed by atoms with Crippen LogP contribution in [0.1, 0.15) is 16.7 Å². The van der Waals surface area contributed by atoms with Gasteiger partial charge >= 0.3 is 0 Å². The Morgan fingerprint density at radius 2 is 1.83 bits per heavy atom. The highest BCUT2D eigenvalue weighted by molar-refractivity contribution is 9.10. The minimum Gasteiger partial charge on any atom is -0.268 e. The molecule has 1 saturated heterocycles. The van der Waals surface area contributed by atoms with Crippen LogP contribution in [0.2, 0.25) is 0 Å². The molecule has 0 spiro atoms. The molecule has 0 unspecified atom stereocenters. The minimum absolute atomic E-state index is 0.233. The lowest BCUT2D eigenvalue weighted by atomic mass is 10.1. The average molecular weight is 399 g/mol. The molecule has 2 aromatic carbocycles. The van der Waals surface area contributed by atoms with Crippen LogP contribution in [0, 0.1) is 11.3 Å². The zero-order valence-electron chi connectivity index (χ0n) is 12.4. The lowest BCUT2D eigenvalue weighted by molar-refractivity contribution is -0.123. The van der Waals surface area contributed by atoms with Gasteiger partial charge in [0.1, 0.15) is 0 Å². The number of hydrogen-bond acceptors (Lipinski definition) is 4. The number of carbonyl (C=O) groups is 2. The number of carbonyl (C=O) groups excluding carboxylic acids is 2. The molecule has 1 fully saturated rings. The second-order valence-electron chi connectivity index (χ2n) is 5.09. The number of rotatable bonds is 3. The third kappa shape index (κ3) is 3.42. The molecular weight excluding hydrogens is 388 g/mol. The summed E-state index contributed by atoms with van der Waals surface area (Å²) in [6, 6.07) is 16.4. The van der Waals surface area contributed by atoms with Gasteiger partial charge in [0.2, 0.25) is 0 Å². The van der Waals surface area contributed by atoms with E-state index in [4.69, 9.17) is 5.26 Å². The summed E-state index contributed by atoms with van der Waals surface area (Å²) in [5.41, 5.74) is 2.20. The predicted octanol–water partition coefficient (Wildman–Crippen LogP) is 4.56.